The normalized spacial score (nSPS) is 11.7. The average molecular weight is 650 g/mol. The van der Waals surface area contributed by atoms with Gasteiger partial charge in [-0.1, -0.05) is 84.9 Å². The van der Waals surface area contributed by atoms with Gasteiger partial charge in [0.1, 0.15) is 11.0 Å². The van der Waals surface area contributed by atoms with Crippen LogP contribution >= 0.6 is 11.3 Å². The Hall–Kier alpha value is -6.51. The number of para-hydroxylation sites is 4. The van der Waals surface area contributed by atoms with Crippen molar-refractivity contribution in [1.29, 1.82) is 0 Å². The molecule has 7 nitrogen and oxygen atoms in total. The molecule has 0 aliphatic heterocycles. The predicted molar refractivity (Wildman–Crippen MR) is 195 cm³/mol. The fourth-order valence-electron chi connectivity index (χ4n) is 6.21. The number of oxazole rings is 2. The van der Waals surface area contributed by atoms with E-state index in [2.05, 4.69) is 42.5 Å². The average Bonchev–Trinajstić information content (AvgIpc) is 3.90. The number of hydrogen-bond acceptors (Lipinski definition) is 8. The Morgan fingerprint density at radius 1 is 0.367 bits per heavy atom. The van der Waals surface area contributed by atoms with Gasteiger partial charge in [0.15, 0.2) is 28.6 Å². The molecule has 6 aromatic carbocycles. The van der Waals surface area contributed by atoms with Gasteiger partial charge in [0.25, 0.3) is 0 Å². The third-order valence-corrected chi connectivity index (χ3v) is 9.71. The molecule has 0 unspecified atom stereocenters. The largest absolute Gasteiger partial charge is 0.436 e. The lowest BCUT2D eigenvalue weighted by Crippen LogP contribution is -2.00. The highest BCUT2D eigenvalue weighted by atomic mass is 32.1. The lowest BCUT2D eigenvalue weighted by atomic mass is 10.0. The van der Waals surface area contributed by atoms with Gasteiger partial charge < -0.3 is 8.83 Å². The summed E-state index contributed by atoms with van der Waals surface area (Å²) in [5.74, 6) is 2.63. The van der Waals surface area contributed by atoms with E-state index in [0.717, 1.165) is 38.9 Å². The number of hydrogen-bond donors (Lipinski definition) is 0. The van der Waals surface area contributed by atoms with E-state index in [1.807, 2.05) is 97.1 Å². The van der Waals surface area contributed by atoms with Crippen molar-refractivity contribution in [2.75, 3.05) is 0 Å². The van der Waals surface area contributed by atoms with Gasteiger partial charge in [-0.25, -0.2) is 24.9 Å². The van der Waals surface area contributed by atoms with Gasteiger partial charge in [-0.2, -0.15) is 0 Å². The number of aromatic nitrogens is 5. The number of rotatable bonds is 5. The molecule has 0 atom stereocenters. The maximum atomic E-state index is 6.23. The van der Waals surface area contributed by atoms with Crippen molar-refractivity contribution < 1.29 is 8.83 Å². The summed E-state index contributed by atoms with van der Waals surface area (Å²) in [6, 6.07) is 46.3. The first kappa shape index (κ1) is 27.6. The lowest BCUT2D eigenvalue weighted by molar-refractivity contribution is 0.617. The minimum Gasteiger partial charge on any atom is -0.436 e. The molecular weight excluding hydrogens is 627 g/mol. The second kappa shape index (κ2) is 11.0. The van der Waals surface area contributed by atoms with E-state index >= 15 is 0 Å². The van der Waals surface area contributed by atoms with E-state index in [1.165, 1.54) is 20.2 Å². The lowest BCUT2D eigenvalue weighted by Gasteiger charge is -2.10. The molecular formula is C41H23N5O2S. The van der Waals surface area contributed by atoms with Crippen LogP contribution in [0.15, 0.2) is 148 Å². The second-order valence-corrected chi connectivity index (χ2v) is 12.8. The van der Waals surface area contributed by atoms with Crippen LogP contribution in [0.3, 0.4) is 0 Å². The Bertz CT molecular complexity index is 2700. The van der Waals surface area contributed by atoms with Gasteiger partial charge in [0, 0.05) is 48.0 Å². The Morgan fingerprint density at radius 2 is 0.898 bits per heavy atom. The Morgan fingerprint density at radius 3 is 1.57 bits per heavy atom. The van der Waals surface area contributed by atoms with Gasteiger partial charge >= 0.3 is 0 Å². The monoisotopic (exact) mass is 649 g/mol. The van der Waals surface area contributed by atoms with Gasteiger partial charge in [0.2, 0.25) is 11.8 Å². The highest BCUT2D eigenvalue weighted by molar-refractivity contribution is 7.25. The van der Waals surface area contributed by atoms with Crippen molar-refractivity contribution in [3.05, 3.63) is 140 Å². The minimum absolute atomic E-state index is 0.480. The van der Waals surface area contributed by atoms with Crippen LogP contribution in [0.4, 0.5) is 0 Å². The molecule has 0 bridgehead atoms. The molecule has 0 aliphatic rings. The van der Waals surface area contributed by atoms with Crippen LogP contribution in [0.2, 0.25) is 0 Å². The molecule has 0 saturated heterocycles. The zero-order chi connectivity index (χ0) is 32.3. The van der Waals surface area contributed by atoms with E-state index in [0.29, 0.717) is 40.4 Å². The summed E-state index contributed by atoms with van der Waals surface area (Å²) >= 11 is 1.77. The van der Waals surface area contributed by atoms with Crippen LogP contribution in [0.1, 0.15) is 0 Å². The van der Waals surface area contributed by atoms with Gasteiger partial charge in [-0.05, 0) is 54.6 Å². The van der Waals surface area contributed by atoms with E-state index < -0.39 is 0 Å². The minimum atomic E-state index is 0.480. The molecule has 0 radical (unpaired) electrons. The third kappa shape index (κ3) is 4.85. The molecule has 0 fully saturated rings. The zero-order valence-corrected chi connectivity index (χ0v) is 26.6. The third-order valence-electron chi connectivity index (χ3n) is 8.58. The molecule has 10 rings (SSSR count). The van der Waals surface area contributed by atoms with Crippen molar-refractivity contribution in [2.24, 2.45) is 0 Å². The van der Waals surface area contributed by atoms with E-state index in [4.69, 9.17) is 33.8 Å². The topological polar surface area (TPSA) is 90.7 Å². The maximum Gasteiger partial charge on any atom is 0.227 e. The number of thiophene rings is 1. The van der Waals surface area contributed by atoms with Crippen molar-refractivity contribution >= 4 is 53.7 Å². The SMILES string of the molecule is c1ccc(-c2nc(-c3cc(-c4nc5ccccc5o4)cc(-c4nc5ccccc5o4)c3)nc(-c3ccc4c(c3)sc3ccccc34)n2)cc1. The van der Waals surface area contributed by atoms with Crippen LogP contribution in [0.5, 0.6) is 0 Å². The maximum absolute atomic E-state index is 6.23. The van der Waals surface area contributed by atoms with E-state index in [9.17, 15) is 0 Å². The highest BCUT2D eigenvalue weighted by Gasteiger charge is 2.19. The molecule has 0 saturated carbocycles. The molecule has 230 valence electrons. The highest BCUT2D eigenvalue weighted by Crippen LogP contribution is 2.38. The molecule has 49 heavy (non-hydrogen) atoms. The van der Waals surface area contributed by atoms with Crippen molar-refractivity contribution in [3.8, 4) is 57.1 Å². The first-order chi connectivity index (χ1) is 24.2. The van der Waals surface area contributed by atoms with Crippen LogP contribution in [-0.4, -0.2) is 24.9 Å². The predicted octanol–water partition coefficient (Wildman–Crippen LogP) is 10.9. The molecule has 0 amide bonds. The second-order valence-electron chi connectivity index (χ2n) is 11.8. The smallest absolute Gasteiger partial charge is 0.227 e. The van der Waals surface area contributed by atoms with Crippen LogP contribution < -0.4 is 0 Å². The summed E-state index contributed by atoms with van der Waals surface area (Å²) in [5, 5.41) is 2.47. The molecule has 0 aliphatic carbocycles. The van der Waals surface area contributed by atoms with Gasteiger partial charge in [0.05, 0.1) is 0 Å². The summed E-state index contributed by atoms with van der Waals surface area (Å²) < 4.78 is 14.9. The molecule has 4 aromatic heterocycles. The molecule has 8 heteroatoms. The van der Waals surface area contributed by atoms with Crippen LogP contribution in [0, 0.1) is 0 Å². The first-order valence-electron chi connectivity index (χ1n) is 15.8. The summed E-state index contributed by atoms with van der Waals surface area (Å²) in [6.07, 6.45) is 0. The first-order valence-corrected chi connectivity index (χ1v) is 16.6. The van der Waals surface area contributed by atoms with Crippen molar-refractivity contribution in [2.45, 2.75) is 0 Å². The summed E-state index contributed by atoms with van der Waals surface area (Å²) in [5.41, 5.74) is 7.02. The van der Waals surface area contributed by atoms with Crippen molar-refractivity contribution in [1.82, 2.24) is 24.9 Å². The fraction of sp³-hybridized carbons (Fsp3) is 0. The molecule has 0 spiro atoms. The fourth-order valence-corrected chi connectivity index (χ4v) is 7.36. The Balaban J connectivity index is 1.19. The molecule has 4 heterocycles. The molecule has 0 N–H and O–H groups in total. The number of benzene rings is 6. The Labute approximate surface area is 283 Å². The van der Waals surface area contributed by atoms with Crippen LogP contribution in [-0.2, 0) is 0 Å². The number of nitrogens with zero attached hydrogens (tertiary/aromatic N) is 5. The summed E-state index contributed by atoms with van der Waals surface area (Å²) in [4.78, 5) is 24.7. The summed E-state index contributed by atoms with van der Waals surface area (Å²) in [7, 11) is 0. The Kier molecular flexibility index (Phi) is 6.22. The quantitative estimate of drug-likeness (QED) is 0.183. The molecule has 10 aromatic rings. The van der Waals surface area contributed by atoms with Gasteiger partial charge in [-0.15, -0.1) is 11.3 Å². The van der Waals surface area contributed by atoms with E-state index in [-0.39, 0.29) is 0 Å². The summed E-state index contributed by atoms with van der Waals surface area (Å²) in [6.45, 7) is 0. The van der Waals surface area contributed by atoms with Gasteiger partial charge in [-0.3, -0.25) is 0 Å². The van der Waals surface area contributed by atoms with E-state index in [1.54, 1.807) is 11.3 Å². The standard InChI is InChI=1S/C41H23N5O2S/c1-2-10-24(11-3-1)37-44-38(25-18-19-30-29-12-4-9-17-35(29)49-36(30)23-25)46-39(45-37)26-20-27(40-42-31-13-5-7-15-33(31)47-40)22-28(21-26)41-43-32-14-6-8-16-34(32)48-41/h1-23H. The zero-order valence-electron chi connectivity index (χ0n) is 25.7. The van der Waals surface area contributed by atoms with Crippen LogP contribution in [0.25, 0.3) is 99.4 Å². The van der Waals surface area contributed by atoms with Crippen molar-refractivity contribution in [3.63, 3.8) is 0 Å². The number of fused-ring (bicyclic) bond motifs is 5.